The van der Waals surface area contributed by atoms with Crippen molar-refractivity contribution < 1.29 is 0 Å². The first-order chi connectivity index (χ1) is 6.00. The molecule has 0 bridgehead atoms. The van der Waals surface area contributed by atoms with Crippen molar-refractivity contribution in [2.45, 2.75) is 27.7 Å². The van der Waals surface area contributed by atoms with Gasteiger partial charge in [0.1, 0.15) is 0 Å². The van der Waals surface area contributed by atoms with Crippen LogP contribution in [0.4, 0.5) is 0 Å². The van der Waals surface area contributed by atoms with E-state index in [9.17, 15) is 0 Å². The van der Waals surface area contributed by atoms with E-state index < -0.39 is 0 Å². The van der Waals surface area contributed by atoms with E-state index in [1.54, 1.807) is 0 Å². The van der Waals surface area contributed by atoms with Crippen LogP contribution in [0, 0.1) is 0 Å². The van der Waals surface area contributed by atoms with E-state index >= 15 is 0 Å². The summed E-state index contributed by atoms with van der Waals surface area (Å²) >= 11 is 0. The second-order valence-corrected chi connectivity index (χ2v) is 4.29. The maximum absolute atomic E-state index is 3.87. The SMILES string of the molecule is CC.CC.N1=PN=PN=PN=P1. The van der Waals surface area contributed by atoms with Gasteiger partial charge in [0.05, 0.1) is 0 Å². The summed E-state index contributed by atoms with van der Waals surface area (Å²) in [5.41, 5.74) is 0. The molecule has 1 heterocycles. The highest BCUT2D eigenvalue weighted by Gasteiger charge is 1.72. The number of hydrogen-bond acceptors (Lipinski definition) is 4. The van der Waals surface area contributed by atoms with Gasteiger partial charge in [0, 0.05) is 0 Å². The van der Waals surface area contributed by atoms with Gasteiger partial charge < -0.3 is 0 Å². The maximum atomic E-state index is 3.87. The minimum atomic E-state index is 0.743. The molecule has 8 heteroatoms. The van der Waals surface area contributed by atoms with Crippen LogP contribution in [0.3, 0.4) is 0 Å². The van der Waals surface area contributed by atoms with Crippen molar-refractivity contribution in [3.05, 3.63) is 0 Å². The standard InChI is InChI=1S/2C2H6.N4P4/c2*1-2;1-5-2-7-4-8-3-6-1/h2*1-2H3;. The smallest absolute Gasteiger partial charge is 0.166 e. The van der Waals surface area contributed by atoms with Gasteiger partial charge in [-0.2, -0.15) is 18.1 Å². The topological polar surface area (TPSA) is 49.4 Å². The van der Waals surface area contributed by atoms with Crippen LogP contribution in [0.5, 0.6) is 0 Å². The fourth-order valence-corrected chi connectivity index (χ4v) is 2.58. The predicted molar refractivity (Wildman–Crippen MR) is 60.1 cm³/mol. The van der Waals surface area contributed by atoms with E-state index in [1.807, 2.05) is 27.7 Å². The average Bonchev–Trinajstić information content (AvgIpc) is 2.10. The Hall–Kier alpha value is 0.400. The molecule has 0 aromatic rings. The molecule has 0 aromatic heterocycles. The fourth-order valence-electron chi connectivity index (χ4n) is 0.143. The average molecular weight is 240 g/mol. The van der Waals surface area contributed by atoms with Gasteiger partial charge in [-0.3, -0.25) is 0 Å². The lowest BCUT2D eigenvalue weighted by molar-refractivity contribution is 1.50. The Kier molecular flexibility index (Phi) is 21.7. The van der Waals surface area contributed by atoms with Gasteiger partial charge in [0.15, 0.2) is 34.1 Å². The molecule has 0 atom stereocenters. The number of nitrogens with zero attached hydrogens (tertiary/aromatic N) is 4. The van der Waals surface area contributed by atoms with Gasteiger partial charge in [-0.1, -0.05) is 27.7 Å². The van der Waals surface area contributed by atoms with E-state index in [2.05, 4.69) is 18.1 Å². The Balaban J connectivity index is 0. The molecule has 0 unspecified atom stereocenters. The Morgan fingerprint density at radius 3 is 0.833 bits per heavy atom. The largest absolute Gasteiger partial charge is 0.166 e. The molecule has 4 nitrogen and oxygen atoms in total. The molecule has 1 rings (SSSR count). The van der Waals surface area contributed by atoms with E-state index in [0.29, 0.717) is 0 Å². The second-order valence-electron chi connectivity index (χ2n) is 0.716. The second kappa shape index (κ2) is 17.5. The predicted octanol–water partition coefficient (Wildman–Crippen LogP) is 6.23. The highest BCUT2D eigenvalue weighted by Crippen LogP contribution is 2.27. The third-order valence-electron chi connectivity index (χ3n) is 0.320. The zero-order chi connectivity index (χ0) is 9.66. The van der Waals surface area contributed by atoms with Crippen molar-refractivity contribution in [2.75, 3.05) is 0 Å². The zero-order valence-electron chi connectivity index (χ0n) is 7.58. The maximum Gasteiger partial charge on any atom is 0.166 e. The van der Waals surface area contributed by atoms with E-state index in [1.165, 1.54) is 0 Å². The van der Waals surface area contributed by atoms with Gasteiger partial charge >= 0.3 is 0 Å². The van der Waals surface area contributed by atoms with Crippen LogP contribution in [0.15, 0.2) is 18.1 Å². The summed E-state index contributed by atoms with van der Waals surface area (Å²) in [7, 11) is 2.97. The quantitative estimate of drug-likeness (QED) is 0.450. The van der Waals surface area contributed by atoms with Crippen LogP contribution in [0.25, 0.3) is 0 Å². The molecule has 0 radical (unpaired) electrons. The number of hydrogen-bond donors (Lipinski definition) is 0. The highest BCUT2D eigenvalue weighted by atomic mass is 31.1. The molecule has 0 fully saturated rings. The van der Waals surface area contributed by atoms with Crippen LogP contribution in [0.2, 0.25) is 0 Å². The van der Waals surface area contributed by atoms with Gasteiger partial charge in [-0.05, 0) is 0 Å². The summed E-state index contributed by atoms with van der Waals surface area (Å²) in [5.74, 6) is 0. The third kappa shape index (κ3) is 13.0. The lowest BCUT2D eigenvalue weighted by Crippen LogP contribution is -1.22. The Bertz CT molecular complexity index is 120. The molecule has 1 aliphatic rings. The van der Waals surface area contributed by atoms with E-state index in [-0.39, 0.29) is 0 Å². The minimum Gasteiger partial charge on any atom is -0.166 e. The lowest BCUT2D eigenvalue weighted by Gasteiger charge is -1.71. The van der Waals surface area contributed by atoms with Crippen molar-refractivity contribution in [1.82, 2.24) is 0 Å². The highest BCUT2D eigenvalue weighted by molar-refractivity contribution is 7.50. The summed E-state index contributed by atoms with van der Waals surface area (Å²) in [6, 6.07) is 0. The molecule has 12 heavy (non-hydrogen) atoms. The summed E-state index contributed by atoms with van der Waals surface area (Å²) in [5, 5.41) is 0. The van der Waals surface area contributed by atoms with Gasteiger partial charge in [-0.15, -0.1) is 0 Å². The van der Waals surface area contributed by atoms with Gasteiger partial charge in [-0.25, -0.2) is 0 Å². The van der Waals surface area contributed by atoms with Crippen LogP contribution in [-0.2, 0) is 0 Å². The van der Waals surface area contributed by atoms with E-state index in [0.717, 1.165) is 34.1 Å². The van der Waals surface area contributed by atoms with Crippen molar-refractivity contribution in [3.63, 3.8) is 0 Å². The Morgan fingerprint density at radius 1 is 0.500 bits per heavy atom. The first kappa shape index (κ1) is 14.9. The lowest BCUT2D eigenvalue weighted by atomic mass is 11.0. The summed E-state index contributed by atoms with van der Waals surface area (Å²) in [6.45, 7) is 8.00. The third-order valence-corrected chi connectivity index (χ3v) is 2.88. The van der Waals surface area contributed by atoms with Crippen molar-refractivity contribution >= 4 is 34.1 Å². The monoisotopic (exact) mass is 240 g/mol. The molecule has 0 N–H and O–H groups in total. The molecule has 1 aliphatic heterocycles. The van der Waals surface area contributed by atoms with Crippen LogP contribution < -0.4 is 0 Å². The van der Waals surface area contributed by atoms with Gasteiger partial charge in [0.2, 0.25) is 0 Å². The molecule has 0 amide bonds. The van der Waals surface area contributed by atoms with Crippen LogP contribution >= 0.6 is 34.1 Å². The molecule has 0 aromatic carbocycles. The van der Waals surface area contributed by atoms with E-state index in [4.69, 9.17) is 0 Å². The molecule has 68 valence electrons. The molecular weight excluding hydrogens is 228 g/mol. The van der Waals surface area contributed by atoms with Crippen molar-refractivity contribution in [1.29, 1.82) is 0 Å². The zero-order valence-corrected chi connectivity index (χ0v) is 11.2. The summed E-state index contributed by atoms with van der Waals surface area (Å²) < 4.78 is 15.5. The molecule has 0 aliphatic carbocycles. The Morgan fingerprint density at radius 2 is 0.667 bits per heavy atom. The summed E-state index contributed by atoms with van der Waals surface area (Å²) in [6.07, 6.45) is 0. The van der Waals surface area contributed by atoms with Crippen LogP contribution in [-0.4, -0.2) is 0 Å². The molecular formula is C4H12N4P4. The number of rotatable bonds is 0. The first-order valence-corrected chi connectivity index (χ1v) is 6.80. The van der Waals surface area contributed by atoms with Gasteiger partial charge in [0.25, 0.3) is 0 Å². The van der Waals surface area contributed by atoms with Crippen molar-refractivity contribution in [2.24, 2.45) is 18.1 Å². The Labute approximate surface area is 80.3 Å². The van der Waals surface area contributed by atoms with Crippen molar-refractivity contribution in [3.8, 4) is 0 Å². The van der Waals surface area contributed by atoms with Crippen LogP contribution in [0.1, 0.15) is 27.7 Å². The molecule has 0 saturated carbocycles. The minimum absolute atomic E-state index is 0.743. The molecule has 0 saturated heterocycles. The summed E-state index contributed by atoms with van der Waals surface area (Å²) in [4.78, 5) is 0. The fraction of sp³-hybridized carbons (Fsp3) is 1.00. The first-order valence-electron chi connectivity index (χ1n) is 3.60. The molecule has 0 spiro atoms. The normalized spacial score (nSPS) is 17.0.